The Labute approximate surface area is 114 Å². The summed E-state index contributed by atoms with van der Waals surface area (Å²) in [6.45, 7) is 6.15. The van der Waals surface area contributed by atoms with E-state index in [9.17, 15) is 4.79 Å². The van der Waals surface area contributed by atoms with Crippen LogP contribution in [-0.2, 0) is 15.1 Å². The van der Waals surface area contributed by atoms with Gasteiger partial charge in [0.05, 0.1) is 13.7 Å². The first kappa shape index (κ1) is 13.9. The average Bonchev–Trinajstić information content (AvgIpc) is 2.35. The van der Waals surface area contributed by atoms with Gasteiger partial charge in [-0.25, -0.2) is 0 Å². The van der Waals surface area contributed by atoms with Crippen LogP contribution in [0.5, 0.6) is 5.75 Å². The van der Waals surface area contributed by atoms with Gasteiger partial charge in [0.2, 0.25) is 0 Å². The molecule has 1 aromatic rings. The molecule has 1 aliphatic rings. The highest BCUT2D eigenvalue weighted by molar-refractivity contribution is 5.85. The number of amides is 1. The highest BCUT2D eigenvalue weighted by atomic mass is 16.5. The monoisotopic (exact) mass is 263 g/mol. The molecule has 1 amide bonds. The van der Waals surface area contributed by atoms with Crippen LogP contribution in [0.2, 0.25) is 0 Å². The summed E-state index contributed by atoms with van der Waals surface area (Å²) in [7, 11) is 3.45. The normalized spacial score (nSPS) is 26.4. The molecule has 0 spiro atoms. The molecule has 0 N–H and O–H groups in total. The van der Waals surface area contributed by atoms with Crippen molar-refractivity contribution < 1.29 is 14.3 Å². The third-order valence-corrected chi connectivity index (χ3v) is 3.56. The molecule has 1 heterocycles. The molecule has 0 aromatic heterocycles. The van der Waals surface area contributed by atoms with Crippen molar-refractivity contribution in [2.45, 2.75) is 32.0 Å². The van der Waals surface area contributed by atoms with E-state index in [1.807, 2.05) is 52.1 Å². The number of hydrogen-bond donors (Lipinski definition) is 0. The standard InChI is InChI=1S/C15H21NO3/c1-14(2)13(17)16(4)10-15(3,19-14)11-7-6-8-12(9-11)18-5/h6-9H,10H2,1-5H3. The smallest absolute Gasteiger partial charge is 0.254 e. The van der Waals surface area contributed by atoms with Crippen molar-refractivity contribution in [3.8, 4) is 5.75 Å². The number of rotatable bonds is 2. The van der Waals surface area contributed by atoms with Crippen molar-refractivity contribution in [1.82, 2.24) is 4.90 Å². The Morgan fingerprint density at radius 3 is 2.58 bits per heavy atom. The van der Waals surface area contributed by atoms with Crippen molar-refractivity contribution in [2.24, 2.45) is 0 Å². The van der Waals surface area contributed by atoms with E-state index >= 15 is 0 Å². The van der Waals surface area contributed by atoms with Crippen LogP contribution in [0.25, 0.3) is 0 Å². The van der Waals surface area contributed by atoms with Crippen molar-refractivity contribution in [3.05, 3.63) is 29.8 Å². The van der Waals surface area contributed by atoms with Crippen LogP contribution in [0.15, 0.2) is 24.3 Å². The molecule has 0 aliphatic carbocycles. The molecule has 0 bridgehead atoms. The number of benzene rings is 1. The summed E-state index contributed by atoms with van der Waals surface area (Å²) in [5.41, 5.74) is -0.329. The predicted molar refractivity (Wildman–Crippen MR) is 73.1 cm³/mol. The molecule has 1 aromatic carbocycles. The summed E-state index contributed by atoms with van der Waals surface area (Å²) in [6.07, 6.45) is 0. The molecule has 1 saturated heterocycles. The maximum absolute atomic E-state index is 12.1. The van der Waals surface area contributed by atoms with Gasteiger partial charge in [0, 0.05) is 7.05 Å². The van der Waals surface area contributed by atoms with E-state index in [2.05, 4.69) is 0 Å². The Morgan fingerprint density at radius 1 is 1.32 bits per heavy atom. The molecular formula is C15H21NO3. The molecule has 104 valence electrons. The Morgan fingerprint density at radius 2 is 2.00 bits per heavy atom. The van der Waals surface area contributed by atoms with Gasteiger partial charge in [0.15, 0.2) is 0 Å². The zero-order valence-electron chi connectivity index (χ0n) is 12.2. The van der Waals surface area contributed by atoms with Crippen LogP contribution < -0.4 is 4.74 Å². The minimum atomic E-state index is -0.815. The van der Waals surface area contributed by atoms with Crippen LogP contribution in [0.1, 0.15) is 26.3 Å². The molecule has 0 radical (unpaired) electrons. The zero-order valence-corrected chi connectivity index (χ0v) is 12.2. The van der Waals surface area contributed by atoms with E-state index in [-0.39, 0.29) is 5.91 Å². The third-order valence-electron chi connectivity index (χ3n) is 3.56. The van der Waals surface area contributed by atoms with Gasteiger partial charge in [-0.3, -0.25) is 4.79 Å². The molecular weight excluding hydrogens is 242 g/mol. The quantitative estimate of drug-likeness (QED) is 0.821. The van der Waals surface area contributed by atoms with Gasteiger partial charge < -0.3 is 14.4 Å². The largest absolute Gasteiger partial charge is 0.497 e. The Bertz CT molecular complexity index is 498. The van der Waals surface area contributed by atoms with E-state index in [0.29, 0.717) is 6.54 Å². The molecule has 1 aliphatic heterocycles. The molecule has 1 fully saturated rings. The Hall–Kier alpha value is -1.55. The van der Waals surface area contributed by atoms with Gasteiger partial charge in [-0.15, -0.1) is 0 Å². The first-order chi connectivity index (χ1) is 8.78. The van der Waals surface area contributed by atoms with Gasteiger partial charge in [-0.2, -0.15) is 0 Å². The lowest BCUT2D eigenvalue weighted by atomic mass is 9.90. The fraction of sp³-hybridized carbons (Fsp3) is 0.533. The molecule has 19 heavy (non-hydrogen) atoms. The maximum Gasteiger partial charge on any atom is 0.254 e. The fourth-order valence-electron chi connectivity index (χ4n) is 2.73. The van der Waals surface area contributed by atoms with Gasteiger partial charge in [0.25, 0.3) is 5.91 Å². The van der Waals surface area contributed by atoms with Crippen LogP contribution >= 0.6 is 0 Å². The Balaban J connectivity index is 2.39. The lowest BCUT2D eigenvalue weighted by Crippen LogP contribution is -2.59. The van der Waals surface area contributed by atoms with E-state index < -0.39 is 11.2 Å². The summed E-state index contributed by atoms with van der Waals surface area (Å²) in [4.78, 5) is 13.8. The highest BCUT2D eigenvalue weighted by Crippen LogP contribution is 2.37. The number of methoxy groups -OCH3 is 1. The van der Waals surface area contributed by atoms with Crippen LogP contribution in [-0.4, -0.2) is 37.1 Å². The van der Waals surface area contributed by atoms with Crippen molar-refractivity contribution in [2.75, 3.05) is 20.7 Å². The fourth-order valence-corrected chi connectivity index (χ4v) is 2.73. The molecule has 4 nitrogen and oxygen atoms in total. The van der Waals surface area contributed by atoms with Crippen molar-refractivity contribution >= 4 is 5.91 Å². The summed E-state index contributed by atoms with van der Waals surface area (Å²) in [5, 5.41) is 0. The molecule has 4 heteroatoms. The first-order valence-electron chi connectivity index (χ1n) is 6.39. The number of hydrogen-bond acceptors (Lipinski definition) is 3. The topological polar surface area (TPSA) is 38.8 Å². The van der Waals surface area contributed by atoms with Crippen LogP contribution in [0.4, 0.5) is 0 Å². The molecule has 1 unspecified atom stereocenters. The van der Waals surface area contributed by atoms with Crippen LogP contribution in [0, 0.1) is 0 Å². The second-order valence-corrected chi connectivity index (χ2v) is 5.74. The highest BCUT2D eigenvalue weighted by Gasteiger charge is 2.46. The second kappa shape index (κ2) is 4.53. The minimum absolute atomic E-state index is 0.00729. The van der Waals surface area contributed by atoms with Gasteiger partial charge in [-0.05, 0) is 38.5 Å². The van der Waals surface area contributed by atoms with Gasteiger partial charge >= 0.3 is 0 Å². The van der Waals surface area contributed by atoms with Crippen molar-refractivity contribution in [3.63, 3.8) is 0 Å². The molecule has 2 rings (SSSR count). The molecule has 0 saturated carbocycles. The lowest BCUT2D eigenvalue weighted by molar-refractivity contribution is -0.202. The second-order valence-electron chi connectivity index (χ2n) is 5.74. The molecule has 1 atom stereocenters. The van der Waals surface area contributed by atoms with E-state index in [1.54, 1.807) is 12.0 Å². The number of morpholine rings is 1. The van der Waals surface area contributed by atoms with Crippen LogP contribution in [0.3, 0.4) is 0 Å². The predicted octanol–water partition coefficient (Wildman–Crippen LogP) is 2.18. The number of likely N-dealkylation sites (N-methyl/N-ethyl adjacent to an activating group) is 1. The number of ether oxygens (including phenoxy) is 2. The van der Waals surface area contributed by atoms with Gasteiger partial charge in [-0.1, -0.05) is 12.1 Å². The van der Waals surface area contributed by atoms with Gasteiger partial charge in [0.1, 0.15) is 17.0 Å². The van der Waals surface area contributed by atoms with E-state index in [4.69, 9.17) is 9.47 Å². The lowest BCUT2D eigenvalue weighted by Gasteiger charge is -2.46. The Kier molecular flexibility index (Phi) is 3.31. The SMILES string of the molecule is COc1cccc(C2(C)CN(C)C(=O)C(C)(C)O2)c1. The van der Waals surface area contributed by atoms with E-state index in [0.717, 1.165) is 11.3 Å². The van der Waals surface area contributed by atoms with E-state index in [1.165, 1.54) is 0 Å². The first-order valence-corrected chi connectivity index (χ1v) is 6.39. The summed E-state index contributed by atoms with van der Waals surface area (Å²) < 4.78 is 11.3. The van der Waals surface area contributed by atoms with Crippen molar-refractivity contribution in [1.29, 1.82) is 0 Å². The number of carbonyl (C=O) groups is 1. The summed E-state index contributed by atoms with van der Waals surface area (Å²) >= 11 is 0. The maximum atomic E-state index is 12.1. The zero-order chi connectivity index (χ0) is 14.3. The number of nitrogens with zero attached hydrogens (tertiary/aromatic N) is 1. The summed E-state index contributed by atoms with van der Waals surface area (Å²) in [5.74, 6) is 0.799. The minimum Gasteiger partial charge on any atom is -0.497 e. The average molecular weight is 263 g/mol. The number of carbonyl (C=O) groups excluding carboxylic acids is 1. The summed E-state index contributed by atoms with van der Waals surface area (Å²) in [6, 6.07) is 7.80. The third kappa shape index (κ3) is 2.45.